The minimum absolute atomic E-state index is 0.0641. The molecule has 3 N–H and O–H groups in total. The molecule has 0 fully saturated rings. The first kappa shape index (κ1) is 14.0. The summed E-state index contributed by atoms with van der Waals surface area (Å²) in [7, 11) is 0. The molecule has 1 rings (SSSR count). The third-order valence-corrected chi connectivity index (χ3v) is 2.68. The molecule has 0 aliphatic heterocycles. The zero-order valence-electron chi connectivity index (χ0n) is 9.95. The van der Waals surface area contributed by atoms with E-state index in [0.717, 1.165) is 17.4 Å². The number of nitrogens with two attached hydrogens (primary N) is 1. The van der Waals surface area contributed by atoms with E-state index in [4.69, 9.17) is 5.73 Å². The number of rotatable bonds is 6. The van der Waals surface area contributed by atoms with Gasteiger partial charge in [0.05, 0.1) is 0 Å². The zero-order chi connectivity index (χ0) is 12.7. The summed E-state index contributed by atoms with van der Waals surface area (Å²) in [5.74, 6) is -0.0641. The summed E-state index contributed by atoms with van der Waals surface area (Å²) in [4.78, 5) is 11.9. The van der Waals surface area contributed by atoms with Gasteiger partial charge in [-0.3, -0.25) is 4.79 Å². The van der Waals surface area contributed by atoms with Gasteiger partial charge in [-0.2, -0.15) is 0 Å². The van der Waals surface area contributed by atoms with Crippen LogP contribution in [-0.2, 0) is 6.54 Å². The molecule has 0 spiro atoms. The van der Waals surface area contributed by atoms with E-state index in [9.17, 15) is 4.79 Å². The van der Waals surface area contributed by atoms with Gasteiger partial charge in [-0.1, -0.05) is 19.1 Å². The van der Waals surface area contributed by atoms with Crippen molar-refractivity contribution in [3.05, 3.63) is 34.6 Å². The molecule has 1 heterocycles. The Morgan fingerprint density at radius 3 is 3.00 bits per heavy atom. The number of carbonyl (C=O) groups excluding carboxylic acids is 1. The van der Waals surface area contributed by atoms with E-state index in [1.807, 2.05) is 29.0 Å². The molecule has 0 saturated carbocycles. The van der Waals surface area contributed by atoms with Crippen LogP contribution in [0, 0.1) is 0 Å². The smallest absolute Gasteiger partial charge is 0.268 e. The summed E-state index contributed by atoms with van der Waals surface area (Å²) in [6.45, 7) is 3.92. The first-order valence-corrected chi connectivity index (χ1v) is 6.47. The predicted molar refractivity (Wildman–Crippen MR) is 73.0 cm³/mol. The van der Waals surface area contributed by atoms with Crippen LogP contribution in [0.3, 0.4) is 0 Å². The van der Waals surface area contributed by atoms with E-state index < -0.39 is 0 Å². The monoisotopic (exact) mass is 299 g/mol. The number of nitrogens with one attached hydrogen (secondary N) is 1. The molecule has 0 atom stereocenters. The van der Waals surface area contributed by atoms with Crippen molar-refractivity contribution >= 4 is 21.8 Å². The molecule has 1 aromatic heterocycles. The number of aryl methyl sites for hydroxylation is 1. The van der Waals surface area contributed by atoms with Crippen LogP contribution in [0.5, 0.6) is 0 Å². The van der Waals surface area contributed by atoms with Crippen molar-refractivity contribution in [1.29, 1.82) is 0 Å². The summed E-state index contributed by atoms with van der Waals surface area (Å²) >= 11 is 3.38. The third kappa shape index (κ3) is 4.36. The lowest BCUT2D eigenvalue weighted by atomic mass is 10.3. The number of hydrogen-bond acceptors (Lipinski definition) is 2. The Labute approximate surface area is 110 Å². The van der Waals surface area contributed by atoms with Gasteiger partial charge in [-0.25, -0.2) is 0 Å². The van der Waals surface area contributed by atoms with E-state index in [2.05, 4.69) is 28.2 Å². The first-order chi connectivity index (χ1) is 8.19. The Balaban J connectivity index is 2.64. The van der Waals surface area contributed by atoms with Crippen LogP contribution >= 0.6 is 15.9 Å². The van der Waals surface area contributed by atoms with Gasteiger partial charge in [0, 0.05) is 30.3 Å². The number of carbonyl (C=O) groups is 1. The maximum absolute atomic E-state index is 11.9. The SMILES string of the molecule is CCCn1cc(Br)cc1C(=O)NC/C=C/CN. The Bertz CT molecular complexity index is 398. The van der Waals surface area contributed by atoms with E-state index in [1.54, 1.807) is 0 Å². The van der Waals surface area contributed by atoms with Crippen LogP contribution in [0.1, 0.15) is 23.8 Å². The van der Waals surface area contributed by atoms with Crippen molar-refractivity contribution in [1.82, 2.24) is 9.88 Å². The minimum Gasteiger partial charge on any atom is -0.347 e. The minimum atomic E-state index is -0.0641. The molecule has 17 heavy (non-hydrogen) atoms. The van der Waals surface area contributed by atoms with Gasteiger partial charge in [0.1, 0.15) is 5.69 Å². The molecule has 0 unspecified atom stereocenters. The molecular weight excluding hydrogens is 282 g/mol. The second-order valence-corrected chi connectivity index (χ2v) is 4.57. The molecule has 1 aromatic rings. The zero-order valence-corrected chi connectivity index (χ0v) is 11.5. The van der Waals surface area contributed by atoms with Crippen molar-refractivity contribution in [2.24, 2.45) is 5.73 Å². The maximum atomic E-state index is 11.9. The van der Waals surface area contributed by atoms with Crippen molar-refractivity contribution in [3.63, 3.8) is 0 Å². The van der Waals surface area contributed by atoms with Gasteiger partial charge in [0.15, 0.2) is 0 Å². The quantitative estimate of drug-likeness (QED) is 0.788. The molecule has 0 aliphatic rings. The number of halogens is 1. The fourth-order valence-corrected chi connectivity index (χ4v) is 1.98. The molecule has 5 heteroatoms. The van der Waals surface area contributed by atoms with Gasteiger partial charge in [0.25, 0.3) is 5.91 Å². The average molecular weight is 300 g/mol. The van der Waals surface area contributed by atoms with Crippen LogP contribution < -0.4 is 11.1 Å². The van der Waals surface area contributed by atoms with Crippen molar-refractivity contribution < 1.29 is 4.79 Å². The lowest BCUT2D eigenvalue weighted by molar-refractivity contribution is 0.0948. The second-order valence-electron chi connectivity index (χ2n) is 3.65. The van der Waals surface area contributed by atoms with Gasteiger partial charge < -0.3 is 15.6 Å². The summed E-state index contributed by atoms with van der Waals surface area (Å²) in [6.07, 6.45) is 6.59. The molecule has 4 nitrogen and oxygen atoms in total. The van der Waals surface area contributed by atoms with E-state index in [1.165, 1.54) is 0 Å². The summed E-state index contributed by atoms with van der Waals surface area (Å²) in [5.41, 5.74) is 5.99. The Kier molecular flexibility index (Phi) is 6.00. The predicted octanol–water partition coefficient (Wildman–Crippen LogP) is 1.91. The summed E-state index contributed by atoms with van der Waals surface area (Å²) in [5, 5.41) is 2.82. The fraction of sp³-hybridized carbons (Fsp3) is 0.417. The van der Waals surface area contributed by atoms with Gasteiger partial charge in [-0.15, -0.1) is 0 Å². The van der Waals surface area contributed by atoms with Crippen LogP contribution in [0.2, 0.25) is 0 Å². The number of hydrogen-bond donors (Lipinski definition) is 2. The molecule has 94 valence electrons. The highest BCUT2D eigenvalue weighted by Gasteiger charge is 2.11. The Morgan fingerprint density at radius 2 is 2.35 bits per heavy atom. The number of aromatic nitrogens is 1. The van der Waals surface area contributed by atoms with Crippen molar-refractivity contribution in [3.8, 4) is 0 Å². The lowest BCUT2D eigenvalue weighted by Gasteiger charge is -2.07. The topological polar surface area (TPSA) is 60.0 Å². The van der Waals surface area contributed by atoms with Crippen molar-refractivity contribution in [2.45, 2.75) is 19.9 Å². The third-order valence-electron chi connectivity index (χ3n) is 2.24. The Hall–Kier alpha value is -1.07. The highest BCUT2D eigenvalue weighted by Crippen LogP contribution is 2.15. The summed E-state index contributed by atoms with van der Waals surface area (Å²) in [6, 6.07) is 1.83. The molecule has 0 aliphatic carbocycles. The standard InChI is InChI=1S/C12H18BrN3O/c1-2-7-16-9-10(13)8-11(16)12(17)15-6-4-3-5-14/h3-4,8-9H,2,5-7,14H2,1H3,(H,15,17)/b4-3+. The molecule has 1 amide bonds. The second kappa shape index (κ2) is 7.29. The molecular formula is C12H18BrN3O. The highest BCUT2D eigenvalue weighted by molar-refractivity contribution is 9.10. The molecule has 0 bridgehead atoms. The largest absolute Gasteiger partial charge is 0.347 e. The van der Waals surface area contributed by atoms with Crippen LogP contribution in [0.4, 0.5) is 0 Å². The average Bonchev–Trinajstić information content (AvgIpc) is 2.66. The fourth-order valence-electron chi connectivity index (χ4n) is 1.51. The van der Waals surface area contributed by atoms with Crippen molar-refractivity contribution in [2.75, 3.05) is 13.1 Å². The van der Waals surface area contributed by atoms with Crippen LogP contribution in [0.25, 0.3) is 0 Å². The van der Waals surface area contributed by atoms with Crippen LogP contribution in [-0.4, -0.2) is 23.6 Å². The van der Waals surface area contributed by atoms with Gasteiger partial charge in [-0.05, 0) is 28.4 Å². The number of amides is 1. The van der Waals surface area contributed by atoms with E-state index in [0.29, 0.717) is 18.8 Å². The molecule has 0 saturated heterocycles. The first-order valence-electron chi connectivity index (χ1n) is 5.68. The highest BCUT2D eigenvalue weighted by atomic mass is 79.9. The van der Waals surface area contributed by atoms with Gasteiger partial charge in [0.2, 0.25) is 0 Å². The lowest BCUT2D eigenvalue weighted by Crippen LogP contribution is -2.26. The molecule has 0 aromatic carbocycles. The van der Waals surface area contributed by atoms with Gasteiger partial charge >= 0.3 is 0 Å². The molecule has 0 radical (unpaired) electrons. The van der Waals surface area contributed by atoms with E-state index >= 15 is 0 Å². The number of nitrogens with zero attached hydrogens (tertiary/aromatic N) is 1. The normalized spacial score (nSPS) is 11.0. The maximum Gasteiger partial charge on any atom is 0.268 e. The Morgan fingerprint density at radius 1 is 1.59 bits per heavy atom. The van der Waals surface area contributed by atoms with E-state index in [-0.39, 0.29) is 5.91 Å². The van der Waals surface area contributed by atoms with Crippen LogP contribution in [0.15, 0.2) is 28.9 Å². The summed E-state index contributed by atoms with van der Waals surface area (Å²) < 4.78 is 2.88.